The average molecular weight is 350 g/mol. The maximum absolute atomic E-state index is 12.3. The van der Waals surface area contributed by atoms with Gasteiger partial charge >= 0.3 is 0 Å². The van der Waals surface area contributed by atoms with Crippen LogP contribution in [0.15, 0.2) is 48.9 Å². The topological polar surface area (TPSA) is 85.1 Å². The molecule has 0 aliphatic rings. The molecule has 0 aliphatic carbocycles. The molecule has 1 amide bonds. The molecule has 0 radical (unpaired) electrons. The van der Waals surface area contributed by atoms with Crippen molar-refractivity contribution in [1.29, 1.82) is 0 Å². The molecule has 1 aromatic carbocycles. The molecule has 0 fully saturated rings. The lowest BCUT2D eigenvalue weighted by Crippen LogP contribution is -2.12. The van der Waals surface area contributed by atoms with Gasteiger partial charge in [0, 0.05) is 25.0 Å². The molecule has 124 valence electrons. The van der Waals surface area contributed by atoms with Crippen molar-refractivity contribution < 1.29 is 4.79 Å². The second-order valence-corrected chi connectivity index (χ2v) is 6.64. The van der Waals surface area contributed by atoms with Crippen molar-refractivity contribution in [3.8, 4) is 0 Å². The number of rotatable bonds is 4. The molecule has 0 spiro atoms. The molecule has 0 saturated heterocycles. The van der Waals surface area contributed by atoms with E-state index in [9.17, 15) is 4.79 Å². The van der Waals surface area contributed by atoms with Gasteiger partial charge in [-0.15, -0.1) is 10.2 Å². The maximum atomic E-state index is 12.3. The van der Waals surface area contributed by atoms with Crippen LogP contribution >= 0.6 is 11.3 Å². The SMILES string of the molecule is Cc1cccc(Cc2nnc(NC(=O)c3cn4cccnc4n3)s2)c1. The molecule has 7 nitrogen and oxygen atoms in total. The largest absolute Gasteiger partial charge is 0.295 e. The minimum atomic E-state index is -0.330. The van der Waals surface area contributed by atoms with Crippen LogP contribution in [0.5, 0.6) is 0 Å². The quantitative estimate of drug-likeness (QED) is 0.612. The number of nitrogens with zero attached hydrogens (tertiary/aromatic N) is 5. The fourth-order valence-corrected chi connectivity index (χ4v) is 3.24. The second-order valence-electron chi connectivity index (χ2n) is 5.57. The molecule has 0 unspecified atom stereocenters. The third-order valence-electron chi connectivity index (χ3n) is 3.59. The number of nitrogens with one attached hydrogen (secondary N) is 1. The van der Waals surface area contributed by atoms with Gasteiger partial charge in [-0.25, -0.2) is 9.97 Å². The minimum absolute atomic E-state index is 0.286. The summed E-state index contributed by atoms with van der Waals surface area (Å²) >= 11 is 1.36. The molecule has 0 atom stereocenters. The molecule has 4 aromatic rings. The van der Waals surface area contributed by atoms with Crippen molar-refractivity contribution in [2.45, 2.75) is 13.3 Å². The summed E-state index contributed by atoms with van der Waals surface area (Å²) in [6.45, 7) is 2.05. The van der Waals surface area contributed by atoms with Crippen molar-refractivity contribution in [1.82, 2.24) is 24.6 Å². The van der Waals surface area contributed by atoms with Crippen molar-refractivity contribution in [2.75, 3.05) is 5.32 Å². The van der Waals surface area contributed by atoms with Crippen LogP contribution in [0.25, 0.3) is 5.78 Å². The Labute approximate surface area is 147 Å². The summed E-state index contributed by atoms with van der Waals surface area (Å²) in [7, 11) is 0. The van der Waals surface area contributed by atoms with Crippen LogP contribution in [0, 0.1) is 6.92 Å². The van der Waals surface area contributed by atoms with Gasteiger partial charge in [0.05, 0.1) is 0 Å². The molecular weight excluding hydrogens is 336 g/mol. The first-order valence-electron chi connectivity index (χ1n) is 7.66. The van der Waals surface area contributed by atoms with Crippen LogP contribution in [0.2, 0.25) is 0 Å². The van der Waals surface area contributed by atoms with E-state index in [2.05, 4.69) is 50.6 Å². The lowest BCUT2D eigenvalue weighted by atomic mass is 10.1. The van der Waals surface area contributed by atoms with Gasteiger partial charge in [0.1, 0.15) is 10.7 Å². The van der Waals surface area contributed by atoms with Gasteiger partial charge in [-0.1, -0.05) is 41.2 Å². The number of imidazole rings is 1. The number of hydrogen-bond donors (Lipinski definition) is 1. The summed E-state index contributed by atoms with van der Waals surface area (Å²) in [5.74, 6) is 0.147. The molecule has 8 heteroatoms. The first-order valence-corrected chi connectivity index (χ1v) is 8.48. The van der Waals surface area contributed by atoms with Crippen molar-refractivity contribution in [2.24, 2.45) is 0 Å². The number of hydrogen-bond acceptors (Lipinski definition) is 6. The highest BCUT2D eigenvalue weighted by Gasteiger charge is 2.14. The van der Waals surface area contributed by atoms with Gasteiger partial charge in [-0.2, -0.15) is 0 Å². The Morgan fingerprint density at radius 2 is 2.20 bits per heavy atom. The van der Waals surface area contributed by atoms with Gasteiger partial charge in [-0.3, -0.25) is 14.5 Å². The molecular formula is C17H14N6OS. The maximum Gasteiger partial charge on any atom is 0.277 e. The number of benzene rings is 1. The number of fused-ring (bicyclic) bond motifs is 1. The number of carbonyl (C=O) groups is 1. The number of carbonyl (C=O) groups excluding carboxylic acids is 1. The monoisotopic (exact) mass is 350 g/mol. The summed E-state index contributed by atoms with van der Waals surface area (Å²) in [4.78, 5) is 20.6. The van der Waals surface area contributed by atoms with Gasteiger partial charge in [0.15, 0.2) is 0 Å². The van der Waals surface area contributed by atoms with E-state index < -0.39 is 0 Å². The van der Waals surface area contributed by atoms with Gasteiger partial charge < -0.3 is 0 Å². The third kappa shape index (κ3) is 3.38. The second kappa shape index (κ2) is 6.40. The first-order chi connectivity index (χ1) is 12.2. The molecule has 4 rings (SSSR count). The van der Waals surface area contributed by atoms with Crippen molar-refractivity contribution in [3.63, 3.8) is 0 Å². The Morgan fingerprint density at radius 1 is 1.28 bits per heavy atom. The zero-order valence-corrected chi connectivity index (χ0v) is 14.2. The Balaban J connectivity index is 1.47. The van der Waals surface area contributed by atoms with Crippen LogP contribution in [0.3, 0.4) is 0 Å². The number of anilines is 1. The normalized spacial score (nSPS) is 10.9. The van der Waals surface area contributed by atoms with E-state index in [1.165, 1.54) is 22.5 Å². The molecule has 3 aromatic heterocycles. The van der Waals surface area contributed by atoms with Gasteiger partial charge in [0.2, 0.25) is 10.9 Å². The average Bonchev–Trinajstić information content (AvgIpc) is 3.21. The molecule has 0 bridgehead atoms. The fraction of sp³-hybridized carbons (Fsp3) is 0.118. The zero-order valence-electron chi connectivity index (χ0n) is 13.4. The zero-order chi connectivity index (χ0) is 17.2. The molecule has 25 heavy (non-hydrogen) atoms. The molecule has 0 aliphatic heterocycles. The lowest BCUT2D eigenvalue weighted by Gasteiger charge is -1.98. The molecule has 1 N–H and O–H groups in total. The van der Waals surface area contributed by atoms with E-state index in [4.69, 9.17) is 0 Å². The Bertz CT molecular complexity index is 1020. The van der Waals surface area contributed by atoms with Crippen LogP contribution < -0.4 is 5.32 Å². The predicted molar refractivity (Wildman–Crippen MR) is 94.8 cm³/mol. The highest BCUT2D eigenvalue weighted by atomic mass is 32.1. The van der Waals surface area contributed by atoms with Crippen LogP contribution in [-0.4, -0.2) is 30.5 Å². The lowest BCUT2D eigenvalue weighted by molar-refractivity contribution is 0.102. The molecule has 3 heterocycles. The summed E-state index contributed by atoms with van der Waals surface area (Å²) < 4.78 is 1.69. The fourth-order valence-electron chi connectivity index (χ4n) is 2.47. The van der Waals surface area contributed by atoms with E-state index in [1.54, 1.807) is 29.1 Å². The highest BCUT2D eigenvalue weighted by molar-refractivity contribution is 7.15. The Morgan fingerprint density at radius 3 is 3.04 bits per heavy atom. The number of aryl methyl sites for hydroxylation is 1. The van der Waals surface area contributed by atoms with Crippen molar-refractivity contribution >= 4 is 28.2 Å². The summed E-state index contributed by atoms with van der Waals surface area (Å²) in [6.07, 6.45) is 5.74. The van der Waals surface area contributed by atoms with Crippen LogP contribution in [-0.2, 0) is 6.42 Å². The van der Waals surface area contributed by atoms with Crippen molar-refractivity contribution in [3.05, 3.63) is 70.8 Å². The first kappa shape index (κ1) is 15.4. The predicted octanol–water partition coefficient (Wildman–Crippen LogP) is 2.73. The Kier molecular flexibility index (Phi) is 3.95. The smallest absolute Gasteiger partial charge is 0.277 e. The van der Waals surface area contributed by atoms with E-state index in [0.717, 1.165) is 5.01 Å². The van der Waals surface area contributed by atoms with E-state index in [1.807, 2.05) is 6.07 Å². The summed E-state index contributed by atoms with van der Waals surface area (Å²) in [5, 5.41) is 12.2. The third-order valence-corrected chi connectivity index (χ3v) is 4.43. The van der Waals surface area contributed by atoms with Crippen LogP contribution in [0.4, 0.5) is 5.13 Å². The standard InChI is InChI=1S/C17H14N6OS/c1-11-4-2-5-12(8-11)9-14-21-22-17(25-14)20-15(24)13-10-23-7-3-6-18-16(23)19-13/h2-8,10H,9H2,1H3,(H,20,22,24). The van der Waals surface area contributed by atoms with E-state index in [-0.39, 0.29) is 11.6 Å². The van der Waals surface area contributed by atoms with Gasteiger partial charge in [0.25, 0.3) is 5.91 Å². The van der Waals surface area contributed by atoms with Gasteiger partial charge in [-0.05, 0) is 18.6 Å². The van der Waals surface area contributed by atoms with E-state index in [0.29, 0.717) is 17.3 Å². The summed E-state index contributed by atoms with van der Waals surface area (Å²) in [6, 6.07) is 10.0. The van der Waals surface area contributed by atoms with E-state index >= 15 is 0 Å². The van der Waals surface area contributed by atoms with Crippen LogP contribution in [0.1, 0.15) is 26.6 Å². The summed E-state index contributed by atoms with van der Waals surface area (Å²) in [5.41, 5.74) is 2.66. The highest BCUT2D eigenvalue weighted by Crippen LogP contribution is 2.19. The Hall–Kier alpha value is -3.13. The number of amides is 1. The minimum Gasteiger partial charge on any atom is -0.295 e. The number of aromatic nitrogens is 5. The molecule has 0 saturated carbocycles.